The molecule has 0 saturated carbocycles. The van der Waals surface area contributed by atoms with E-state index in [1.54, 1.807) is 36.6 Å². The molecular formula is C16H8O3. The van der Waals surface area contributed by atoms with E-state index in [0.29, 0.717) is 21.8 Å². The van der Waals surface area contributed by atoms with Gasteiger partial charge in [0.1, 0.15) is 5.42 Å². The maximum Gasteiger partial charge on any atom is 0.187 e. The van der Waals surface area contributed by atoms with Crippen molar-refractivity contribution in [2.75, 3.05) is 0 Å². The average Bonchev–Trinajstić information content (AvgIpc) is 2.86. The standard InChI is InChI=1S/C16H8O3/c17-14-3-1-2-9-6-12-13(8-11(9)14)16-10(4-5-19-16)7-15(12)18/h1-8H. The molecule has 1 aromatic carbocycles. The molecule has 2 aliphatic carbocycles. The van der Waals surface area contributed by atoms with E-state index < -0.39 is 0 Å². The van der Waals surface area contributed by atoms with Gasteiger partial charge in [-0.2, -0.15) is 0 Å². The molecule has 0 fully saturated rings. The lowest BCUT2D eigenvalue weighted by Crippen LogP contribution is -2.21. The number of hydrogen-bond donors (Lipinski definition) is 0. The van der Waals surface area contributed by atoms with E-state index in [4.69, 9.17) is 4.42 Å². The lowest BCUT2D eigenvalue weighted by Gasteiger charge is -2.07. The minimum atomic E-state index is -0.0536. The molecule has 0 N–H and O–H groups in total. The number of benzene rings is 1. The Morgan fingerprint density at radius 3 is 2.74 bits per heavy atom. The molecule has 2 aliphatic rings. The van der Waals surface area contributed by atoms with Gasteiger partial charge in [-0.15, -0.1) is 0 Å². The first-order chi connectivity index (χ1) is 9.24. The highest BCUT2D eigenvalue weighted by Gasteiger charge is 2.16. The minimum absolute atomic E-state index is 0.0459. The lowest BCUT2D eigenvalue weighted by molar-refractivity contribution is 0.103. The van der Waals surface area contributed by atoms with Crippen LogP contribution >= 0.6 is 0 Å². The zero-order valence-corrected chi connectivity index (χ0v) is 9.84. The van der Waals surface area contributed by atoms with Crippen molar-refractivity contribution >= 4 is 23.7 Å². The fourth-order valence-corrected chi connectivity index (χ4v) is 2.56. The van der Waals surface area contributed by atoms with E-state index in [2.05, 4.69) is 0 Å². The fourth-order valence-electron chi connectivity index (χ4n) is 2.56. The third-order valence-electron chi connectivity index (χ3n) is 3.47. The summed E-state index contributed by atoms with van der Waals surface area (Å²) >= 11 is 0. The number of allylic oxidation sites excluding steroid dienone is 2. The highest BCUT2D eigenvalue weighted by Crippen LogP contribution is 2.12. The van der Waals surface area contributed by atoms with Gasteiger partial charge in [-0.3, -0.25) is 9.59 Å². The maximum absolute atomic E-state index is 12.1. The van der Waals surface area contributed by atoms with Gasteiger partial charge in [0.2, 0.25) is 0 Å². The summed E-state index contributed by atoms with van der Waals surface area (Å²) in [6, 6.07) is 5.26. The summed E-state index contributed by atoms with van der Waals surface area (Å²) in [6.45, 7) is 0. The molecule has 0 amide bonds. The van der Waals surface area contributed by atoms with Crippen molar-refractivity contribution in [3.8, 4) is 0 Å². The van der Waals surface area contributed by atoms with Gasteiger partial charge in [-0.05, 0) is 35.6 Å². The molecule has 0 bridgehead atoms. The molecule has 0 spiro atoms. The van der Waals surface area contributed by atoms with E-state index in [0.717, 1.165) is 10.4 Å². The number of furan rings is 1. The van der Waals surface area contributed by atoms with Crippen molar-refractivity contribution in [1.29, 1.82) is 0 Å². The number of hydrogen-bond acceptors (Lipinski definition) is 3. The smallest absolute Gasteiger partial charge is 0.187 e. The molecule has 0 saturated heterocycles. The lowest BCUT2D eigenvalue weighted by atomic mass is 9.95. The molecule has 2 aromatic rings. The van der Waals surface area contributed by atoms with Crippen molar-refractivity contribution in [2.24, 2.45) is 0 Å². The minimum Gasteiger partial charge on any atom is -0.464 e. The molecule has 0 aliphatic heterocycles. The molecule has 3 nitrogen and oxygen atoms in total. The summed E-state index contributed by atoms with van der Waals surface area (Å²) in [5, 5.41) is 2.24. The Balaban J connectivity index is 2.31. The Morgan fingerprint density at radius 1 is 0.947 bits per heavy atom. The van der Waals surface area contributed by atoms with Gasteiger partial charge >= 0.3 is 0 Å². The quantitative estimate of drug-likeness (QED) is 0.700. The molecule has 1 heterocycles. The second-order valence-electron chi connectivity index (χ2n) is 4.59. The Labute approximate surface area is 107 Å². The predicted molar refractivity (Wildman–Crippen MR) is 68.8 cm³/mol. The second-order valence-corrected chi connectivity index (χ2v) is 4.59. The zero-order chi connectivity index (χ0) is 13.0. The van der Waals surface area contributed by atoms with E-state index >= 15 is 0 Å². The molecule has 0 radical (unpaired) electrons. The molecule has 19 heavy (non-hydrogen) atoms. The topological polar surface area (TPSA) is 47.3 Å². The number of Topliss-reactive ketones (excluding diaryl/α,β-unsaturated/α-hetero) is 1. The van der Waals surface area contributed by atoms with Crippen LogP contribution in [0.15, 0.2) is 41.0 Å². The summed E-state index contributed by atoms with van der Waals surface area (Å²) in [5.41, 5.74) is 1.85. The normalized spacial score (nSPS) is 15.2. The number of fused-ring (bicyclic) bond motifs is 3. The van der Waals surface area contributed by atoms with Crippen molar-refractivity contribution in [1.82, 2.24) is 0 Å². The molecule has 4 rings (SSSR count). The zero-order valence-electron chi connectivity index (χ0n) is 9.84. The third kappa shape index (κ3) is 1.32. The first-order valence-corrected chi connectivity index (χ1v) is 5.95. The molecule has 90 valence electrons. The van der Waals surface area contributed by atoms with Crippen LogP contribution in [0.1, 0.15) is 20.7 Å². The Morgan fingerprint density at radius 2 is 1.84 bits per heavy atom. The van der Waals surface area contributed by atoms with Gasteiger partial charge in [0.05, 0.1) is 6.26 Å². The van der Waals surface area contributed by atoms with Crippen molar-refractivity contribution in [3.05, 3.63) is 68.8 Å². The number of ketones is 2. The van der Waals surface area contributed by atoms with E-state index in [1.807, 2.05) is 6.08 Å². The van der Waals surface area contributed by atoms with Crippen LogP contribution in [-0.2, 0) is 0 Å². The largest absolute Gasteiger partial charge is 0.464 e. The van der Waals surface area contributed by atoms with Crippen molar-refractivity contribution in [2.45, 2.75) is 0 Å². The molecular weight excluding hydrogens is 240 g/mol. The SMILES string of the molecule is O=C1C=CC=c2cc3c(cc21)=c1occc1=CC3=O. The average molecular weight is 248 g/mol. The van der Waals surface area contributed by atoms with E-state index in [1.165, 1.54) is 6.08 Å². The summed E-state index contributed by atoms with van der Waals surface area (Å²) < 4.78 is 5.43. The summed E-state index contributed by atoms with van der Waals surface area (Å²) in [4.78, 5) is 24.0. The van der Waals surface area contributed by atoms with Gasteiger partial charge in [0.15, 0.2) is 11.6 Å². The van der Waals surface area contributed by atoms with Gasteiger partial charge in [0, 0.05) is 21.6 Å². The van der Waals surface area contributed by atoms with Crippen LogP contribution in [0.5, 0.6) is 0 Å². The monoisotopic (exact) mass is 248 g/mol. The van der Waals surface area contributed by atoms with E-state index in [9.17, 15) is 9.59 Å². The molecule has 0 atom stereocenters. The van der Waals surface area contributed by atoms with Crippen LogP contribution in [0.25, 0.3) is 12.2 Å². The summed E-state index contributed by atoms with van der Waals surface area (Å²) in [5.74, 6) is -0.0995. The third-order valence-corrected chi connectivity index (χ3v) is 3.47. The number of carbonyl (C=O) groups excluding carboxylic acids is 2. The molecule has 1 aromatic heterocycles. The predicted octanol–water partition coefficient (Wildman–Crippen LogP) is 1.08. The Bertz CT molecular complexity index is 988. The van der Waals surface area contributed by atoms with Crippen LogP contribution < -0.4 is 10.4 Å². The number of carbonyl (C=O) groups is 2. The highest BCUT2D eigenvalue weighted by molar-refractivity contribution is 6.18. The highest BCUT2D eigenvalue weighted by atomic mass is 16.3. The second kappa shape index (κ2) is 3.42. The van der Waals surface area contributed by atoms with Crippen molar-refractivity contribution in [3.63, 3.8) is 0 Å². The van der Waals surface area contributed by atoms with Crippen LogP contribution in [0.4, 0.5) is 0 Å². The summed E-state index contributed by atoms with van der Waals surface area (Å²) in [6.07, 6.45) is 8.17. The summed E-state index contributed by atoms with van der Waals surface area (Å²) in [7, 11) is 0. The van der Waals surface area contributed by atoms with Gasteiger partial charge in [-0.1, -0.05) is 12.2 Å². The van der Waals surface area contributed by atoms with Gasteiger partial charge < -0.3 is 4.42 Å². The Kier molecular flexibility index (Phi) is 1.85. The van der Waals surface area contributed by atoms with Crippen LogP contribution in [0.2, 0.25) is 0 Å². The Hall–Kier alpha value is -2.68. The molecule has 3 heteroatoms. The first kappa shape index (κ1) is 10.3. The number of rotatable bonds is 0. The fraction of sp³-hybridized carbons (Fsp3) is 0. The maximum atomic E-state index is 12.1. The first-order valence-electron chi connectivity index (χ1n) is 5.95. The van der Waals surface area contributed by atoms with Gasteiger partial charge in [0.25, 0.3) is 0 Å². The van der Waals surface area contributed by atoms with Crippen LogP contribution in [0.3, 0.4) is 0 Å². The van der Waals surface area contributed by atoms with Crippen LogP contribution in [0, 0.1) is 10.6 Å². The van der Waals surface area contributed by atoms with E-state index in [-0.39, 0.29) is 11.6 Å². The van der Waals surface area contributed by atoms with Crippen LogP contribution in [-0.4, -0.2) is 11.6 Å². The van der Waals surface area contributed by atoms with Gasteiger partial charge in [-0.25, -0.2) is 0 Å². The van der Waals surface area contributed by atoms with Crippen molar-refractivity contribution < 1.29 is 14.0 Å². The molecule has 0 unspecified atom stereocenters.